The van der Waals surface area contributed by atoms with Crippen molar-refractivity contribution in [3.63, 3.8) is 0 Å². The summed E-state index contributed by atoms with van der Waals surface area (Å²) < 4.78 is 29.9. The van der Waals surface area contributed by atoms with Gasteiger partial charge in [0.1, 0.15) is 12.6 Å². The molecule has 0 aliphatic carbocycles. The molecule has 0 aliphatic rings. The average Bonchev–Trinajstić information content (AvgIpc) is 2.99. The zero-order valence-corrected chi connectivity index (χ0v) is 26.5. The molecule has 9 heteroatoms. The minimum atomic E-state index is -4.11. The largest absolute Gasteiger partial charge is 0.352 e. The summed E-state index contributed by atoms with van der Waals surface area (Å²) in [6, 6.07) is 32.9. The molecule has 4 rings (SSSR count). The fraction of sp³-hybridized carbons (Fsp3) is 0.212. The Balaban J connectivity index is 1.78. The van der Waals surface area contributed by atoms with Crippen molar-refractivity contribution in [1.29, 1.82) is 0 Å². The van der Waals surface area contributed by atoms with Crippen molar-refractivity contribution in [1.82, 2.24) is 10.2 Å². The lowest BCUT2D eigenvalue weighted by molar-refractivity contribution is -0.140. The van der Waals surface area contributed by atoms with Gasteiger partial charge in [-0.15, -0.1) is 0 Å². The SMILES string of the molecule is CC(C)NC(=O)[C@H](Cc1ccccc1)N(Cc1ccccc1)C(=O)CN(c1ccc(I)cc1)S(=O)(=O)c1ccccc1. The van der Waals surface area contributed by atoms with Gasteiger partial charge in [0.05, 0.1) is 10.6 Å². The molecule has 0 unspecified atom stereocenters. The number of amides is 2. The number of nitrogens with zero attached hydrogens (tertiary/aromatic N) is 2. The van der Waals surface area contributed by atoms with Gasteiger partial charge in [0.2, 0.25) is 11.8 Å². The van der Waals surface area contributed by atoms with Crippen molar-refractivity contribution < 1.29 is 18.0 Å². The van der Waals surface area contributed by atoms with E-state index in [1.54, 1.807) is 42.5 Å². The van der Waals surface area contributed by atoms with Crippen LogP contribution in [0.2, 0.25) is 0 Å². The second kappa shape index (κ2) is 14.5. The van der Waals surface area contributed by atoms with E-state index in [4.69, 9.17) is 0 Å². The fourth-order valence-electron chi connectivity index (χ4n) is 4.57. The third-order valence-corrected chi connectivity index (χ3v) is 9.13. The number of sulfonamides is 1. The predicted octanol–water partition coefficient (Wildman–Crippen LogP) is 5.65. The Labute approximate surface area is 261 Å². The number of nitrogens with one attached hydrogen (secondary N) is 1. The first-order chi connectivity index (χ1) is 20.1. The monoisotopic (exact) mass is 695 g/mol. The van der Waals surface area contributed by atoms with Gasteiger partial charge < -0.3 is 10.2 Å². The van der Waals surface area contributed by atoms with Gasteiger partial charge in [-0.05, 0) is 84.0 Å². The van der Waals surface area contributed by atoms with Crippen LogP contribution in [0.5, 0.6) is 0 Å². The number of anilines is 1. The quantitative estimate of drug-likeness (QED) is 0.194. The Morgan fingerprint density at radius 3 is 1.83 bits per heavy atom. The molecule has 1 atom stereocenters. The van der Waals surface area contributed by atoms with Crippen LogP contribution < -0.4 is 9.62 Å². The first kappa shape index (κ1) is 31.2. The van der Waals surface area contributed by atoms with Crippen LogP contribution in [0, 0.1) is 3.57 Å². The summed E-state index contributed by atoms with van der Waals surface area (Å²) in [6.45, 7) is 3.39. The van der Waals surface area contributed by atoms with Crippen LogP contribution in [0.1, 0.15) is 25.0 Å². The number of halogens is 1. The molecule has 0 bridgehead atoms. The Morgan fingerprint density at radius 1 is 0.762 bits per heavy atom. The van der Waals surface area contributed by atoms with Gasteiger partial charge in [-0.1, -0.05) is 78.9 Å². The molecule has 42 heavy (non-hydrogen) atoms. The maximum Gasteiger partial charge on any atom is 0.264 e. The van der Waals surface area contributed by atoms with Crippen LogP contribution in [0.15, 0.2) is 120 Å². The van der Waals surface area contributed by atoms with Crippen molar-refractivity contribution in [2.75, 3.05) is 10.8 Å². The van der Waals surface area contributed by atoms with E-state index in [-0.39, 0.29) is 29.8 Å². The summed E-state index contributed by atoms with van der Waals surface area (Å²) in [5.41, 5.74) is 2.07. The lowest BCUT2D eigenvalue weighted by Crippen LogP contribution is -2.54. The van der Waals surface area contributed by atoms with E-state index in [2.05, 4.69) is 27.9 Å². The number of carbonyl (C=O) groups excluding carboxylic acids is 2. The van der Waals surface area contributed by atoms with Gasteiger partial charge in [0, 0.05) is 22.6 Å². The molecule has 0 aromatic heterocycles. The minimum Gasteiger partial charge on any atom is -0.352 e. The van der Waals surface area contributed by atoms with Crippen molar-refractivity contribution >= 4 is 50.1 Å². The average molecular weight is 696 g/mol. The van der Waals surface area contributed by atoms with Gasteiger partial charge >= 0.3 is 0 Å². The molecular formula is C33H34IN3O4S. The summed E-state index contributed by atoms with van der Waals surface area (Å²) in [5, 5.41) is 2.97. The predicted molar refractivity (Wildman–Crippen MR) is 174 cm³/mol. The van der Waals surface area contributed by atoms with Crippen LogP contribution in [-0.4, -0.2) is 43.8 Å². The molecule has 0 aliphatic heterocycles. The van der Waals surface area contributed by atoms with E-state index in [0.29, 0.717) is 5.69 Å². The van der Waals surface area contributed by atoms with E-state index in [1.807, 2.05) is 74.5 Å². The second-order valence-corrected chi connectivity index (χ2v) is 13.3. The molecule has 2 amide bonds. The van der Waals surface area contributed by atoms with Crippen LogP contribution in [0.3, 0.4) is 0 Å². The highest BCUT2D eigenvalue weighted by Crippen LogP contribution is 2.26. The van der Waals surface area contributed by atoms with Crippen LogP contribution in [-0.2, 0) is 32.6 Å². The molecule has 4 aromatic rings. The number of hydrogen-bond acceptors (Lipinski definition) is 4. The third kappa shape index (κ3) is 8.19. The molecule has 0 saturated carbocycles. The van der Waals surface area contributed by atoms with Gasteiger partial charge in [-0.2, -0.15) is 0 Å². The zero-order valence-electron chi connectivity index (χ0n) is 23.6. The van der Waals surface area contributed by atoms with Crippen molar-refractivity contribution in [2.45, 2.75) is 43.8 Å². The van der Waals surface area contributed by atoms with E-state index in [0.717, 1.165) is 19.0 Å². The Kier molecular flexibility index (Phi) is 10.8. The first-order valence-corrected chi connectivity index (χ1v) is 16.2. The Bertz CT molecular complexity index is 1570. The Hall–Kier alpha value is -3.70. The molecule has 0 fully saturated rings. The number of rotatable bonds is 12. The molecule has 218 valence electrons. The number of benzene rings is 4. The van der Waals surface area contributed by atoms with E-state index in [9.17, 15) is 18.0 Å². The number of hydrogen-bond donors (Lipinski definition) is 1. The third-order valence-electron chi connectivity index (χ3n) is 6.62. The van der Waals surface area contributed by atoms with Crippen molar-refractivity contribution in [2.24, 2.45) is 0 Å². The highest BCUT2D eigenvalue weighted by Gasteiger charge is 2.34. The van der Waals surface area contributed by atoms with Gasteiger partial charge in [0.15, 0.2) is 0 Å². The summed E-state index contributed by atoms with van der Waals surface area (Å²) in [4.78, 5) is 29.6. The summed E-state index contributed by atoms with van der Waals surface area (Å²) >= 11 is 2.15. The highest BCUT2D eigenvalue weighted by molar-refractivity contribution is 14.1. The van der Waals surface area contributed by atoms with Crippen LogP contribution >= 0.6 is 22.6 Å². The summed E-state index contributed by atoms with van der Waals surface area (Å²) in [5.74, 6) is -0.790. The number of carbonyl (C=O) groups is 2. The second-order valence-electron chi connectivity index (χ2n) is 10.2. The molecule has 7 nitrogen and oxygen atoms in total. The van der Waals surface area contributed by atoms with Crippen LogP contribution in [0.25, 0.3) is 0 Å². The maximum absolute atomic E-state index is 14.3. The van der Waals surface area contributed by atoms with E-state index in [1.165, 1.54) is 17.0 Å². The zero-order chi connectivity index (χ0) is 30.1. The smallest absolute Gasteiger partial charge is 0.264 e. The molecule has 0 saturated heterocycles. The van der Waals surface area contributed by atoms with Crippen molar-refractivity contribution in [3.8, 4) is 0 Å². The lowest BCUT2D eigenvalue weighted by Gasteiger charge is -2.34. The lowest BCUT2D eigenvalue weighted by atomic mass is 10.0. The van der Waals surface area contributed by atoms with Gasteiger partial charge in [-0.3, -0.25) is 13.9 Å². The fourth-order valence-corrected chi connectivity index (χ4v) is 6.37. The molecular weight excluding hydrogens is 661 g/mol. The highest BCUT2D eigenvalue weighted by atomic mass is 127. The molecule has 0 radical (unpaired) electrons. The van der Waals surface area contributed by atoms with Gasteiger partial charge in [0.25, 0.3) is 10.0 Å². The molecule has 1 N–H and O–H groups in total. The van der Waals surface area contributed by atoms with Crippen molar-refractivity contribution in [3.05, 3.63) is 130 Å². The Morgan fingerprint density at radius 2 is 1.29 bits per heavy atom. The molecule has 0 heterocycles. The topological polar surface area (TPSA) is 86.8 Å². The maximum atomic E-state index is 14.3. The summed E-state index contributed by atoms with van der Waals surface area (Å²) in [7, 11) is -4.11. The standard InChI is InChI=1S/C33H34IN3O4S/c1-25(2)35-33(39)31(22-26-12-6-3-7-13-26)36(23-27-14-8-4-9-15-27)32(38)24-37(29-20-18-28(34)19-21-29)42(40,41)30-16-10-5-11-17-30/h3-21,25,31H,22-24H2,1-2H3,(H,35,39)/t31-/m0/s1. The van der Waals surface area contributed by atoms with Gasteiger partial charge in [-0.25, -0.2) is 8.42 Å². The minimum absolute atomic E-state index is 0.0735. The van der Waals surface area contributed by atoms with Crippen LogP contribution in [0.4, 0.5) is 5.69 Å². The van der Waals surface area contributed by atoms with E-state index < -0.39 is 28.5 Å². The first-order valence-electron chi connectivity index (χ1n) is 13.7. The molecule has 4 aromatic carbocycles. The summed E-state index contributed by atoms with van der Waals surface area (Å²) in [6.07, 6.45) is 0.271. The van der Waals surface area contributed by atoms with E-state index >= 15 is 0 Å². The normalized spacial score (nSPS) is 12.0. The molecule has 0 spiro atoms.